The van der Waals surface area contributed by atoms with E-state index < -0.39 is 0 Å². The Kier molecular flexibility index (Phi) is 16.9. The molecule has 2 rings (SSSR count). The molecule has 0 spiro atoms. The van der Waals surface area contributed by atoms with Crippen molar-refractivity contribution in [3.63, 3.8) is 0 Å². The number of nitrogens with two attached hydrogens (primary N) is 1. The fraction of sp³-hybridized carbons (Fsp3) is 0.125. The van der Waals surface area contributed by atoms with Gasteiger partial charge in [-0.15, -0.1) is 0 Å². The summed E-state index contributed by atoms with van der Waals surface area (Å²) in [5.74, 6) is 0.0237. The van der Waals surface area contributed by atoms with Gasteiger partial charge in [0, 0.05) is 70.6 Å². The van der Waals surface area contributed by atoms with Gasteiger partial charge < -0.3 is 13.2 Å². The van der Waals surface area contributed by atoms with E-state index in [1.807, 2.05) is 32.0 Å². The van der Waals surface area contributed by atoms with E-state index in [-0.39, 0.29) is 67.0 Å². The molecule has 0 unspecified atom stereocenters. The van der Waals surface area contributed by atoms with E-state index in [0.717, 1.165) is 0 Å². The van der Waals surface area contributed by atoms with Crippen LogP contribution in [0.4, 0.5) is 5.69 Å². The van der Waals surface area contributed by atoms with E-state index in [2.05, 4.69) is 0 Å². The van der Waals surface area contributed by atoms with Crippen LogP contribution in [0.1, 0.15) is 29.8 Å². The SMILES string of the molecule is CC.Nc1ccc(C(=O)c2ccccc2)cc1.[CH3-].[W].[Y]. The minimum atomic E-state index is 0. The van der Waals surface area contributed by atoms with E-state index >= 15 is 0 Å². The van der Waals surface area contributed by atoms with E-state index in [9.17, 15) is 4.79 Å². The third kappa shape index (κ3) is 7.48. The van der Waals surface area contributed by atoms with Gasteiger partial charge in [0.15, 0.2) is 5.78 Å². The molecule has 0 amide bonds. The van der Waals surface area contributed by atoms with Crippen LogP contribution in [0.15, 0.2) is 54.6 Å². The second-order valence-corrected chi connectivity index (χ2v) is 3.32. The number of benzene rings is 2. The van der Waals surface area contributed by atoms with Gasteiger partial charge in [-0.3, -0.25) is 4.79 Å². The Morgan fingerprint density at radius 1 is 0.850 bits per heavy atom. The number of carbonyl (C=O) groups excluding carboxylic acids is 1. The van der Waals surface area contributed by atoms with Crippen molar-refractivity contribution in [1.82, 2.24) is 0 Å². The summed E-state index contributed by atoms with van der Waals surface area (Å²) in [4.78, 5) is 11.9. The second kappa shape index (κ2) is 13.7. The summed E-state index contributed by atoms with van der Waals surface area (Å²) in [6.45, 7) is 4.00. The van der Waals surface area contributed by atoms with Gasteiger partial charge in [-0.05, 0) is 24.3 Å². The summed E-state index contributed by atoms with van der Waals surface area (Å²) < 4.78 is 0. The summed E-state index contributed by atoms with van der Waals surface area (Å²) in [6.07, 6.45) is 0. The van der Waals surface area contributed by atoms with E-state index in [1.165, 1.54) is 0 Å². The number of rotatable bonds is 2. The van der Waals surface area contributed by atoms with Gasteiger partial charge in [0.05, 0.1) is 0 Å². The van der Waals surface area contributed by atoms with Crippen molar-refractivity contribution in [3.05, 3.63) is 73.2 Å². The van der Waals surface area contributed by atoms with Crippen LogP contribution in [0.2, 0.25) is 0 Å². The molecule has 2 N–H and O–H groups in total. The molecule has 0 heterocycles. The Balaban J connectivity index is -0.000000553. The Labute approximate surface area is 161 Å². The summed E-state index contributed by atoms with van der Waals surface area (Å²) in [6, 6.07) is 16.1. The van der Waals surface area contributed by atoms with Crippen LogP contribution in [0.5, 0.6) is 0 Å². The summed E-state index contributed by atoms with van der Waals surface area (Å²) >= 11 is 0. The number of hydrogen-bond donors (Lipinski definition) is 1. The van der Waals surface area contributed by atoms with Gasteiger partial charge in [-0.2, -0.15) is 0 Å². The molecule has 0 saturated carbocycles. The monoisotopic (exact) mass is 515 g/mol. The first kappa shape index (κ1) is 24.7. The first-order valence-corrected chi connectivity index (χ1v) is 5.72. The molecule has 0 aliphatic rings. The number of carbonyl (C=O) groups is 1. The van der Waals surface area contributed by atoms with Gasteiger partial charge in [-0.25, -0.2) is 0 Å². The summed E-state index contributed by atoms with van der Waals surface area (Å²) in [7, 11) is 0. The maximum atomic E-state index is 11.9. The Bertz CT molecular complexity index is 472. The molecule has 0 aliphatic carbocycles. The van der Waals surface area contributed by atoms with Gasteiger partial charge in [0.1, 0.15) is 0 Å². The molecule has 2 aromatic carbocycles. The average Bonchev–Trinajstić information content (AvgIpc) is 2.42. The van der Waals surface area contributed by atoms with Crippen LogP contribution < -0.4 is 5.73 Å². The van der Waals surface area contributed by atoms with Crippen molar-refractivity contribution in [3.8, 4) is 0 Å². The molecule has 0 fully saturated rings. The van der Waals surface area contributed by atoms with E-state index in [1.54, 1.807) is 36.4 Å². The molecule has 0 saturated heterocycles. The minimum Gasteiger partial charge on any atom is -0.399 e. The molecule has 20 heavy (non-hydrogen) atoms. The number of ketones is 1. The van der Waals surface area contributed by atoms with Crippen molar-refractivity contribution < 1.29 is 58.6 Å². The molecule has 4 heteroatoms. The van der Waals surface area contributed by atoms with Crippen molar-refractivity contribution in [2.45, 2.75) is 13.8 Å². The molecular weight excluding hydrogens is 495 g/mol. The first-order chi connectivity index (χ1) is 8.27. The molecule has 0 atom stereocenters. The van der Waals surface area contributed by atoms with Gasteiger partial charge >= 0.3 is 0 Å². The quantitative estimate of drug-likeness (QED) is 0.374. The minimum absolute atomic E-state index is 0. The van der Waals surface area contributed by atoms with Crippen molar-refractivity contribution in [2.75, 3.05) is 5.73 Å². The topological polar surface area (TPSA) is 43.1 Å². The maximum Gasteiger partial charge on any atom is 0.193 e. The van der Waals surface area contributed by atoms with Crippen LogP contribution >= 0.6 is 0 Å². The zero-order chi connectivity index (χ0) is 12.7. The van der Waals surface area contributed by atoms with Crippen LogP contribution in [0.3, 0.4) is 0 Å². The molecule has 105 valence electrons. The molecule has 2 nitrogen and oxygen atoms in total. The molecule has 0 aliphatic heterocycles. The van der Waals surface area contributed by atoms with Crippen LogP contribution in [0.25, 0.3) is 0 Å². The smallest absolute Gasteiger partial charge is 0.193 e. The molecule has 0 aromatic heterocycles. The molecule has 0 bridgehead atoms. The van der Waals surface area contributed by atoms with Gasteiger partial charge in [0.2, 0.25) is 0 Å². The third-order valence-corrected chi connectivity index (χ3v) is 2.21. The fourth-order valence-corrected chi connectivity index (χ4v) is 1.39. The number of nitrogen functional groups attached to an aromatic ring is 1. The molecule has 1 radical (unpaired) electrons. The third-order valence-electron chi connectivity index (χ3n) is 2.21. The fourth-order valence-electron chi connectivity index (χ4n) is 1.39. The van der Waals surface area contributed by atoms with Crippen LogP contribution in [0, 0.1) is 7.43 Å². The Hall–Kier alpha value is -0.298. The summed E-state index contributed by atoms with van der Waals surface area (Å²) in [5.41, 5.74) is 7.58. The van der Waals surface area contributed by atoms with Gasteiger partial charge in [-0.1, -0.05) is 44.2 Å². The van der Waals surface area contributed by atoms with Crippen molar-refractivity contribution in [1.29, 1.82) is 0 Å². The predicted molar refractivity (Wildman–Crippen MR) is 78.5 cm³/mol. The van der Waals surface area contributed by atoms with E-state index in [4.69, 9.17) is 5.73 Å². The first-order valence-electron chi connectivity index (χ1n) is 5.72. The number of anilines is 1. The van der Waals surface area contributed by atoms with Crippen molar-refractivity contribution >= 4 is 11.5 Å². The van der Waals surface area contributed by atoms with E-state index in [0.29, 0.717) is 16.8 Å². The normalized spacial score (nSPS) is 7.70. The van der Waals surface area contributed by atoms with Gasteiger partial charge in [0.25, 0.3) is 0 Å². The zero-order valence-electron chi connectivity index (χ0n) is 12.2. The van der Waals surface area contributed by atoms with Crippen LogP contribution in [-0.2, 0) is 53.8 Å². The summed E-state index contributed by atoms with van der Waals surface area (Å²) in [5, 5.41) is 0. The largest absolute Gasteiger partial charge is 0.399 e. The number of hydrogen-bond acceptors (Lipinski definition) is 2. The predicted octanol–water partition coefficient (Wildman–Crippen LogP) is 3.97. The molecule has 2 aromatic rings. The Morgan fingerprint density at radius 3 is 1.70 bits per heavy atom. The average molecular weight is 515 g/mol. The second-order valence-electron chi connectivity index (χ2n) is 3.32. The standard InChI is InChI=1S/C13H11NO.C2H6.CH3.W.Y/c14-12-8-6-11(7-9-12)13(15)10-4-2-1-3-5-10;1-2;;;/h1-9H,14H2;1-2H3;1H3;;/q;;-1;;. The Morgan fingerprint density at radius 2 is 1.25 bits per heavy atom. The van der Waals surface area contributed by atoms with Crippen LogP contribution in [-0.4, -0.2) is 5.78 Å². The maximum absolute atomic E-state index is 11.9. The zero-order valence-corrected chi connectivity index (χ0v) is 17.9. The van der Waals surface area contributed by atoms with Crippen molar-refractivity contribution in [2.24, 2.45) is 0 Å². The molecular formula is C16H20NOWY-.